The van der Waals surface area contributed by atoms with Crippen LogP contribution in [-0.2, 0) is 4.79 Å². The van der Waals surface area contributed by atoms with Gasteiger partial charge in [-0.05, 0) is 55.0 Å². The van der Waals surface area contributed by atoms with Gasteiger partial charge in [0.15, 0.2) is 0 Å². The minimum Gasteiger partial charge on any atom is -0.280 e. The van der Waals surface area contributed by atoms with Crippen LogP contribution in [0, 0.1) is 11.3 Å². The quantitative estimate of drug-likeness (QED) is 0.255. The predicted molar refractivity (Wildman–Crippen MR) is 139 cm³/mol. The van der Waals surface area contributed by atoms with Crippen LogP contribution in [0.25, 0.3) is 11.3 Å². The van der Waals surface area contributed by atoms with E-state index in [9.17, 15) is 10.1 Å². The van der Waals surface area contributed by atoms with Gasteiger partial charge in [-0.25, -0.2) is 4.98 Å². The Hall–Kier alpha value is -3.59. The average molecular weight is 484 g/mol. The number of para-hydroxylation sites is 2. The summed E-state index contributed by atoms with van der Waals surface area (Å²) in [6.07, 6.45) is 0.581. The monoisotopic (exact) mass is 483 g/mol. The first-order chi connectivity index (χ1) is 16.6. The first-order valence-corrected chi connectivity index (χ1v) is 12.1. The Bertz CT molecular complexity index is 1270. The number of benzene rings is 3. The second kappa shape index (κ2) is 11.0. The predicted octanol–water partition coefficient (Wildman–Crippen LogP) is 7.51. The van der Waals surface area contributed by atoms with E-state index in [0.29, 0.717) is 22.0 Å². The minimum atomic E-state index is -0.430. The number of nitriles is 1. The zero-order valence-corrected chi connectivity index (χ0v) is 20.1. The van der Waals surface area contributed by atoms with E-state index in [-0.39, 0.29) is 5.91 Å². The summed E-state index contributed by atoms with van der Waals surface area (Å²) >= 11 is 7.35. The molecule has 4 nitrogen and oxygen atoms in total. The number of carbonyl (C=O) groups excluding carboxylic acids is 1. The topological polar surface area (TPSA) is 57.0 Å². The number of nitrogens with zero attached hydrogens (tertiary/aromatic N) is 3. The standard InChI is InChI=1S/C28H22ClN3OS/c1-2-26(28(33)32(23-9-5-3-6-10-23)24-11-7-4-8-12-24)34-27-21(19-30)15-18-25(31-27)20-13-16-22(29)17-14-20/h3-18,26H,2H2,1H3. The number of thioether (sulfide) groups is 1. The Morgan fingerprint density at radius 3 is 2.06 bits per heavy atom. The van der Waals surface area contributed by atoms with Gasteiger partial charge in [0.1, 0.15) is 11.1 Å². The van der Waals surface area contributed by atoms with Gasteiger partial charge < -0.3 is 0 Å². The van der Waals surface area contributed by atoms with Gasteiger partial charge in [0.05, 0.1) is 16.5 Å². The number of rotatable bonds is 7. The summed E-state index contributed by atoms with van der Waals surface area (Å²) in [4.78, 5) is 20.3. The van der Waals surface area contributed by atoms with Crippen molar-refractivity contribution < 1.29 is 4.79 Å². The Kier molecular flexibility index (Phi) is 7.64. The van der Waals surface area contributed by atoms with Gasteiger partial charge in [-0.15, -0.1) is 0 Å². The number of aromatic nitrogens is 1. The van der Waals surface area contributed by atoms with Crippen LogP contribution in [0.15, 0.2) is 102 Å². The van der Waals surface area contributed by atoms with Crippen LogP contribution in [0.2, 0.25) is 5.02 Å². The molecule has 1 heterocycles. The van der Waals surface area contributed by atoms with E-state index in [1.54, 1.807) is 23.1 Å². The van der Waals surface area contributed by atoms with E-state index in [2.05, 4.69) is 6.07 Å². The lowest BCUT2D eigenvalue weighted by molar-refractivity contribution is -0.117. The number of anilines is 2. The van der Waals surface area contributed by atoms with Crippen molar-refractivity contribution in [2.75, 3.05) is 4.90 Å². The van der Waals surface area contributed by atoms with Crippen molar-refractivity contribution in [3.8, 4) is 17.3 Å². The van der Waals surface area contributed by atoms with Gasteiger partial charge >= 0.3 is 0 Å². The third kappa shape index (κ3) is 5.31. The largest absolute Gasteiger partial charge is 0.280 e. The summed E-state index contributed by atoms with van der Waals surface area (Å²) in [7, 11) is 0. The van der Waals surface area contributed by atoms with Gasteiger partial charge in [-0.3, -0.25) is 9.69 Å². The van der Waals surface area contributed by atoms with Crippen molar-refractivity contribution in [2.24, 2.45) is 0 Å². The average Bonchev–Trinajstić information content (AvgIpc) is 2.89. The molecule has 0 saturated carbocycles. The minimum absolute atomic E-state index is 0.0625. The first kappa shape index (κ1) is 23.6. The number of pyridine rings is 1. The molecule has 168 valence electrons. The number of halogens is 1. The van der Waals surface area contributed by atoms with Crippen molar-refractivity contribution in [3.63, 3.8) is 0 Å². The smallest absolute Gasteiger partial charge is 0.245 e. The molecule has 0 N–H and O–H groups in total. The fourth-order valence-corrected chi connectivity index (χ4v) is 4.70. The summed E-state index contributed by atoms with van der Waals surface area (Å²) in [6.45, 7) is 1.97. The van der Waals surface area contributed by atoms with E-state index in [1.807, 2.05) is 85.8 Å². The number of carbonyl (C=O) groups is 1. The van der Waals surface area contributed by atoms with E-state index in [4.69, 9.17) is 16.6 Å². The molecule has 1 amide bonds. The van der Waals surface area contributed by atoms with E-state index in [0.717, 1.165) is 22.6 Å². The molecule has 0 aliphatic heterocycles. The molecule has 1 unspecified atom stereocenters. The molecule has 34 heavy (non-hydrogen) atoms. The van der Waals surface area contributed by atoms with E-state index < -0.39 is 5.25 Å². The van der Waals surface area contributed by atoms with Gasteiger partial charge in [0.2, 0.25) is 5.91 Å². The Morgan fingerprint density at radius 2 is 1.53 bits per heavy atom. The SMILES string of the molecule is CCC(Sc1nc(-c2ccc(Cl)cc2)ccc1C#N)C(=O)N(c1ccccc1)c1ccccc1. The highest BCUT2D eigenvalue weighted by molar-refractivity contribution is 8.00. The molecule has 4 aromatic rings. The third-order valence-corrected chi connectivity index (χ3v) is 6.88. The second-order valence-corrected chi connectivity index (χ2v) is 9.16. The maximum absolute atomic E-state index is 13.9. The molecule has 0 bridgehead atoms. The lowest BCUT2D eigenvalue weighted by Crippen LogP contribution is -2.34. The van der Waals surface area contributed by atoms with Gasteiger partial charge in [0, 0.05) is 22.0 Å². The fourth-order valence-electron chi connectivity index (χ4n) is 3.54. The highest BCUT2D eigenvalue weighted by Crippen LogP contribution is 2.34. The van der Waals surface area contributed by atoms with Crippen molar-refractivity contribution in [1.82, 2.24) is 4.98 Å². The van der Waals surface area contributed by atoms with E-state index >= 15 is 0 Å². The lowest BCUT2D eigenvalue weighted by atomic mass is 10.1. The number of hydrogen-bond acceptors (Lipinski definition) is 4. The molecule has 0 spiro atoms. The Labute approximate surface area is 208 Å². The molecule has 0 saturated heterocycles. The Morgan fingerprint density at radius 1 is 0.941 bits per heavy atom. The summed E-state index contributed by atoms with van der Waals surface area (Å²) in [6, 6.07) is 32.4. The van der Waals surface area contributed by atoms with Crippen LogP contribution in [-0.4, -0.2) is 16.1 Å². The lowest BCUT2D eigenvalue weighted by Gasteiger charge is -2.27. The summed E-state index contributed by atoms with van der Waals surface area (Å²) in [5.41, 5.74) is 3.65. The Balaban J connectivity index is 1.69. The maximum Gasteiger partial charge on any atom is 0.245 e. The van der Waals surface area contributed by atoms with Crippen molar-refractivity contribution in [2.45, 2.75) is 23.6 Å². The molecule has 0 aliphatic carbocycles. The highest BCUT2D eigenvalue weighted by atomic mass is 35.5. The molecule has 1 aromatic heterocycles. The van der Waals surface area contributed by atoms with Gasteiger partial charge in [0.25, 0.3) is 0 Å². The van der Waals surface area contributed by atoms with Crippen LogP contribution in [0.1, 0.15) is 18.9 Å². The first-order valence-electron chi connectivity index (χ1n) is 10.9. The second-order valence-electron chi connectivity index (χ2n) is 7.53. The number of amides is 1. The molecule has 6 heteroatoms. The molecule has 0 aliphatic rings. The maximum atomic E-state index is 13.9. The van der Waals surface area contributed by atoms with Gasteiger partial charge in [-0.2, -0.15) is 5.26 Å². The van der Waals surface area contributed by atoms with Crippen LogP contribution in [0.4, 0.5) is 11.4 Å². The van der Waals surface area contributed by atoms with E-state index in [1.165, 1.54) is 11.8 Å². The van der Waals surface area contributed by atoms with Crippen molar-refractivity contribution in [1.29, 1.82) is 5.26 Å². The molecule has 0 fully saturated rings. The summed E-state index contributed by atoms with van der Waals surface area (Å²) in [5, 5.41) is 10.4. The number of hydrogen-bond donors (Lipinski definition) is 0. The molecule has 0 radical (unpaired) electrons. The molecule has 3 aromatic carbocycles. The zero-order chi connectivity index (χ0) is 23.9. The van der Waals surface area contributed by atoms with Crippen LogP contribution >= 0.6 is 23.4 Å². The molecule has 4 rings (SSSR count). The summed E-state index contributed by atoms with van der Waals surface area (Å²) < 4.78 is 0. The molecule has 1 atom stereocenters. The van der Waals surface area contributed by atoms with Crippen molar-refractivity contribution >= 4 is 40.6 Å². The third-order valence-electron chi connectivity index (χ3n) is 5.27. The van der Waals surface area contributed by atoms with Crippen LogP contribution < -0.4 is 4.90 Å². The molecular formula is C28H22ClN3OS. The normalized spacial score (nSPS) is 11.4. The highest BCUT2D eigenvalue weighted by Gasteiger charge is 2.28. The van der Waals surface area contributed by atoms with Crippen LogP contribution in [0.5, 0.6) is 0 Å². The summed E-state index contributed by atoms with van der Waals surface area (Å²) in [5.74, 6) is -0.0625. The van der Waals surface area contributed by atoms with Gasteiger partial charge in [-0.1, -0.05) is 78.8 Å². The van der Waals surface area contributed by atoms with Crippen LogP contribution in [0.3, 0.4) is 0 Å². The zero-order valence-electron chi connectivity index (χ0n) is 18.6. The fraction of sp³-hybridized carbons (Fsp3) is 0.107. The molecular weight excluding hydrogens is 462 g/mol. The van der Waals surface area contributed by atoms with Crippen molar-refractivity contribution in [3.05, 3.63) is 108 Å².